The average molecular weight is 336 g/mol. The van der Waals surface area contributed by atoms with E-state index in [9.17, 15) is 4.79 Å². The van der Waals surface area contributed by atoms with Crippen molar-refractivity contribution in [2.45, 2.75) is 27.2 Å². The Morgan fingerprint density at radius 1 is 0.920 bits per heavy atom. The van der Waals surface area contributed by atoms with Gasteiger partial charge >= 0.3 is 5.97 Å². The predicted molar refractivity (Wildman–Crippen MR) is 102 cm³/mol. The van der Waals surface area contributed by atoms with Gasteiger partial charge in [0.15, 0.2) is 0 Å². The van der Waals surface area contributed by atoms with Gasteiger partial charge in [0.25, 0.3) is 0 Å². The van der Waals surface area contributed by atoms with Gasteiger partial charge in [0.05, 0.1) is 17.9 Å². The van der Waals surface area contributed by atoms with Crippen LogP contribution in [-0.2, 0) is 4.74 Å². The van der Waals surface area contributed by atoms with E-state index >= 15 is 0 Å². The minimum atomic E-state index is -0.291. The number of benzene rings is 2. The summed E-state index contributed by atoms with van der Waals surface area (Å²) < 4.78 is 10.8. The molecule has 130 valence electrons. The summed E-state index contributed by atoms with van der Waals surface area (Å²) in [6.45, 7) is 6.23. The van der Waals surface area contributed by atoms with Gasteiger partial charge in [-0.25, -0.2) is 4.79 Å². The van der Waals surface area contributed by atoms with Crippen molar-refractivity contribution in [3.8, 4) is 5.75 Å². The molecule has 0 atom stereocenters. The SMILES string of the molecule is CC=C(CC)Oc1ccc(C=Cc2ccc(C(=O)OCC)cc2)cc1. The Balaban J connectivity index is 2.00. The molecule has 0 bridgehead atoms. The Kier molecular flexibility index (Phi) is 7.02. The standard InChI is InChI=1S/C22H24O3/c1-4-20(5-2)25-21-15-11-18(12-16-21)8-7-17-9-13-19(14-10-17)22(23)24-6-3/h4,7-16H,5-6H2,1-3H3. The van der Waals surface area contributed by atoms with E-state index in [1.807, 2.05) is 61.5 Å². The third-order valence-electron chi connectivity index (χ3n) is 3.69. The monoisotopic (exact) mass is 336 g/mol. The minimum absolute atomic E-state index is 0.291. The Labute approximate surface area is 149 Å². The van der Waals surface area contributed by atoms with Crippen molar-refractivity contribution < 1.29 is 14.3 Å². The molecule has 3 nitrogen and oxygen atoms in total. The Morgan fingerprint density at radius 3 is 1.96 bits per heavy atom. The van der Waals surface area contributed by atoms with Crippen LogP contribution in [0.4, 0.5) is 0 Å². The van der Waals surface area contributed by atoms with Gasteiger partial charge in [-0.3, -0.25) is 0 Å². The molecule has 0 aromatic heterocycles. The number of carbonyl (C=O) groups excluding carboxylic acids is 1. The van der Waals surface area contributed by atoms with Gasteiger partial charge < -0.3 is 9.47 Å². The van der Waals surface area contributed by atoms with Crippen LogP contribution < -0.4 is 4.74 Å². The lowest BCUT2D eigenvalue weighted by Crippen LogP contribution is -2.03. The summed E-state index contributed by atoms with van der Waals surface area (Å²) in [5.41, 5.74) is 2.67. The molecule has 25 heavy (non-hydrogen) atoms. The number of esters is 1. The highest BCUT2D eigenvalue weighted by Gasteiger charge is 2.04. The van der Waals surface area contributed by atoms with Crippen molar-refractivity contribution in [2.24, 2.45) is 0 Å². The van der Waals surface area contributed by atoms with E-state index < -0.39 is 0 Å². The summed E-state index contributed by atoms with van der Waals surface area (Å²) >= 11 is 0. The van der Waals surface area contributed by atoms with Crippen LogP contribution in [0.25, 0.3) is 12.2 Å². The van der Waals surface area contributed by atoms with Gasteiger partial charge in [-0.1, -0.05) is 43.3 Å². The second kappa shape index (κ2) is 9.48. The van der Waals surface area contributed by atoms with Crippen LogP contribution in [0, 0.1) is 0 Å². The maximum absolute atomic E-state index is 11.6. The fraction of sp³-hybridized carbons (Fsp3) is 0.227. The third kappa shape index (κ3) is 5.64. The number of ether oxygens (including phenoxy) is 2. The van der Waals surface area contributed by atoms with Gasteiger partial charge in [0, 0.05) is 6.42 Å². The largest absolute Gasteiger partial charge is 0.462 e. The molecule has 0 saturated carbocycles. The number of allylic oxidation sites excluding steroid dienone is 2. The van der Waals surface area contributed by atoms with Gasteiger partial charge in [0.1, 0.15) is 5.75 Å². The highest BCUT2D eigenvalue weighted by Crippen LogP contribution is 2.18. The van der Waals surface area contributed by atoms with E-state index in [0.29, 0.717) is 12.2 Å². The molecule has 2 aromatic carbocycles. The average Bonchev–Trinajstić information content (AvgIpc) is 2.66. The second-order valence-corrected chi connectivity index (χ2v) is 5.46. The van der Waals surface area contributed by atoms with Crippen LogP contribution in [0.5, 0.6) is 5.75 Å². The highest BCUT2D eigenvalue weighted by atomic mass is 16.5. The fourth-order valence-corrected chi connectivity index (χ4v) is 2.27. The Hall–Kier alpha value is -2.81. The summed E-state index contributed by atoms with van der Waals surface area (Å²) in [6, 6.07) is 15.3. The zero-order chi connectivity index (χ0) is 18.1. The second-order valence-electron chi connectivity index (χ2n) is 5.46. The van der Waals surface area contributed by atoms with Crippen molar-refractivity contribution in [1.82, 2.24) is 0 Å². The van der Waals surface area contributed by atoms with Gasteiger partial charge in [0.2, 0.25) is 0 Å². The van der Waals surface area contributed by atoms with Crippen molar-refractivity contribution >= 4 is 18.1 Å². The summed E-state index contributed by atoms with van der Waals surface area (Å²) in [6.07, 6.45) is 6.89. The summed E-state index contributed by atoms with van der Waals surface area (Å²) in [5, 5.41) is 0. The molecule has 0 aliphatic heterocycles. The van der Waals surface area contributed by atoms with E-state index in [-0.39, 0.29) is 5.97 Å². The molecule has 0 heterocycles. The minimum Gasteiger partial charge on any atom is -0.462 e. The highest BCUT2D eigenvalue weighted by molar-refractivity contribution is 5.89. The lowest BCUT2D eigenvalue weighted by molar-refractivity contribution is 0.0526. The van der Waals surface area contributed by atoms with Gasteiger partial charge in [-0.15, -0.1) is 0 Å². The Bertz CT molecular complexity index is 738. The molecule has 0 aliphatic carbocycles. The van der Waals surface area contributed by atoms with Crippen molar-refractivity contribution in [2.75, 3.05) is 6.61 Å². The maximum Gasteiger partial charge on any atom is 0.338 e. The van der Waals surface area contributed by atoms with E-state index in [1.54, 1.807) is 19.1 Å². The number of rotatable bonds is 7. The molecule has 3 heteroatoms. The molecular weight excluding hydrogens is 312 g/mol. The quantitative estimate of drug-likeness (QED) is 0.368. The topological polar surface area (TPSA) is 35.5 Å². The van der Waals surface area contributed by atoms with Gasteiger partial charge in [-0.2, -0.15) is 0 Å². The normalized spacial score (nSPS) is 11.6. The molecule has 0 unspecified atom stereocenters. The van der Waals surface area contributed by atoms with E-state index in [2.05, 4.69) is 6.92 Å². The van der Waals surface area contributed by atoms with Crippen molar-refractivity contribution in [1.29, 1.82) is 0 Å². The van der Waals surface area contributed by atoms with E-state index in [4.69, 9.17) is 9.47 Å². The number of hydrogen-bond donors (Lipinski definition) is 0. The van der Waals surface area contributed by atoms with Crippen LogP contribution in [0.2, 0.25) is 0 Å². The fourth-order valence-electron chi connectivity index (χ4n) is 2.27. The predicted octanol–water partition coefficient (Wildman–Crippen LogP) is 5.73. The van der Waals surface area contributed by atoms with Crippen LogP contribution >= 0.6 is 0 Å². The molecular formula is C22H24O3. The van der Waals surface area contributed by atoms with Gasteiger partial charge in [-0.05, 0) is 55.3 Å². The first-order chi connectivity index (χ1) is 12.2. The third-order valence-corrected chi connectivity index (χ3v) is 3.69. The smallest absolute Gasteiger partial charge is 0.338 e. The molecule has 2 aromatic rings. The molecule has 0 aliphatic rings. The Morgan fingerprint density at radius 2 is 1.48 bits per heavy atom. The first kappa shape index (κ1) is 18.5. The molecule has 0 saturated heterocycles. The van der Waals surface area contributed by atoms with E-state index in [1.165, 1.54) is 0 Å². The first-order valence-electron chi connectivity index (χ1n) is 8.54. The zero-order valence-electron chi connectivity index (χ0n) is 15.0. The molecule has 0 fully saturated rings. The molecule has 0 spiro atoms. The van der Waals surface area contributed by atoms with Crippen molar-refractivity contribution in [3.63, 3.8) is 0 Å². The summed E-state index contributed by atoms with van der Waals surface area (Å²) in [4.78, 5) is 11.6. The van der Waals surface area contributed by atoms with E-state index in [0.717, 1.165) is 29.1 Å². The maximum atomic E-state index is 11.6. The molecule has 0 N–H and O–H groups in total. The van der Waals surface area contributed by atoms with Crippen LogP contribution in [0.1, 0.15) is 48.7 Å². The summed E-state index contributed by atoms with van der Waals surface area (Å²) in [5.74, 6) is 1.51. The number of carbonyl (C=O) groups is 1. The lowest BCUT2D eigenvalue weighted by Gasteiger charge is -2.07. The molecule has 0 radical (unpaired) electrons. The number of hydrogen-bond acceptors (Lipinski definition) is 3. The van der Waals surface area contributed by atoms with Crippen molar-refractivity contribution in [3.05, 3.63) is 77.1 Å². The summed E-state index contributed by atoms with van der Waals surface area (Å²) in [7, 11) is 0. The lowest BCUT2D eigenvalue weighted by atomic mass is 10.1. The molecule has 2 rings (SSSR count). The van der Waals surface area contributed by atoms with Crippen LogP contribution in [-0.4, -0.2) is 12.6 Å². The van der Waals surface area contributed by atoms with Crippen LogP contribution in [0.3, 0.4) is 0 Å². The molecule has 0 amide bonds. The van der Waals surface area contributed by atoms with Crippen LogP contribution in [0.15, 0.2) is 60.4 Å². The first-order valence-corrected chi connectivity index (χ1v) is 8.54. The zero-order valence-corrected chi connectivity index (χ0v) is 15.0.